The molecular weight excluding hydrogens is 242 g/mol. The van der Waals surface area contributed by atoms with Gasteiger partial charge in [-0.15, -0.1) is 0 Å². The fraction of sp³-hybridized carbons (Fsp3) is 0. The van der Waals surface area contributed by atoms with Gasteiger partial charge in [0.05, 0.1) is 0 Å². The zero-order valence-electron chi connectivity index (χ0n) is 5.08. The fourth-order valence-corrected chi connectivity index (χ4v) is 0.971. The van der Waals surface area contributed by atoms with E-state index in [0.717, 1.165) is 3.57 Å². The van der Waals surface area contributed by atoms with E-state index >= 15 is 0 Å². The number of benzene rings is 1. The molecule has 0 fully saturated rings. The van der Waals surface area contributed by atoms with Crippen molar-refractivity contribution in [2.75, 3.05) is 0 Å². The first-order valence-corrected chi connectivity index (χ1v) is 3.45. The Morgan fingerprint density at radius 2 is 1.70 bits per heavy atom. The van der Waals surface area contributed by atoms with Gasteiger partial charge in [0.1, 0.15) is 0 Å². The van der Waals surface area contributed by atoms with Crippen molar-refractivity contribution in [3.8, 4) is 11.5 Å². The number of halogens is 1. The van der Waals surface area contributed by atoms with Gasteiger partial charge in [0.2, 0.25) is 0 Å². The predicted molar refractivity (Wildman–Crippen MR) is 48.2 cm³/mol. The van der Waals surface area contributed by atoms with Gasteiger partial charge in [0.15, 0.2) is 11.5 Å². The molecule has 0 aliphatic rings. The van der Waals surface area contributed by atoms with Crippen LogP contribution in [0.5, 0.6) is 11.5 Å². The summed E-state index contributed by atoms with van der Waals surface area (Å²) in [4.78, 5) is 0. The molecule has 0 bridgehead atoms. The molecule has 0 unspecified atom stereocenters. The highest BCUT2D eigenvalue weighted by Crippen LogP contribution is 2.25. The Morgan fingerprint density at radius 3 is 2.10 bits per heavy atom. The predicted octanol–water partition coefficient (Wildman–Crippen LogP) is 1.32. The van der Waals surface area contributed by atoms with Gasteiger partial charge in [0, 0.05) is 12.0 Å². The lowest BCUT2D eigenvalue weighted by atomic mass is 10.3. The fourth-order valence-electron chi connectivity index (χ4n) is 0.497. The van der Waals surface area contributed by atoms with E-state index in [9.17, 15) is 0 Å². The molecule has 10 heavy (non-hydrogen) atoms. The van der Waals surface area contributed by atoms with Gasteiger partial charge in [-0.3, -0.25) is 0 Å². The SMILES string of the molecule is Oc1ccc(I)cc1O.[B]. The van der Waals surface area contributed by atoms with Crippen molar-refractivity contribution in [3.63, 3.8) is 0 Å². The lowest BCUT2D eigenvalue weighted by Crippen LogP contribution is -1.69. The van der Waals surface area contributed by atoms with Crippen LogP contribution in [0.1, 0.15) is 0 Å². The third-order valence-electron chi connectivity index (χ3n) is 0.937. The topological polar surface area (TPSA) is 40.5 Å². The van der Waals surface area contributed by atoms with Crippen LogP contribution >= 0.6 is 22.6 Å². The molecule has 0 aromatic heterocycles. The molecule has 0 saturated heterocycles. The molecule has 0 spiro atoms. The molecule has 2 nitrogen and oxygen atoms in total. The highest BCUT2D eigenvalue weighted by atomic mass is 127. The molecule has 0 saturated carbocycles. The van der Waals surface area contributed by atoms with Crippen LogP contribution in [0.4, 0.5) is 0 Å². The molecule has 1 aromatic rings. The van der Waals surface area contributed by atoms with Gasteiger partial charge in [-0.1, -0.05) is 0 Å². The second kappa shape index (κ2) is 3.70. The van der Waals surface area contributed by atoms with Gasteiger partial charge in [-0.2, -0.15) is 0 Å². The lowest BCUT2D eigenvalue weighted by molar-refractivity contribution is 0.403. The Labute approximate surface area is 74.6 Å². The zero-order valence-corrected chi connectivity index (χ0v) is 7.24. The summed E-state index contributed by atoms with van der Waals surface area (Å²) in [5.74, 6) is -0.141. The second-order valence-electron chi connectivity index (χ2n) is 1.63. The average molecular weight is 247 g/mol. The molecule has 0 aliphatic heterocycles. The number of rotatable bonds is 0. The van der Waals surface area contributed by atoms with E-state index in [0.29, 0.717) is 0 Å². The first-order valence-electron chi connectivity index (χ1n) is 2.37. The summed E-state index contributed by atoms with van der Waals surface area (Å²) in [6, 6.07) is 4.67. The summed E-state index contributed by atoms with van der Waals surface area (Å²) in [6.07, 6.45) is 0. The highest BCUT2D eigenvalue weighted by molar-refractivity contribution is 14.1. The Balaban J connectivity index is 0.000000810. The minimum absolute atomic E-state index is 0. The molecule has 1 aromatic carbocycles. The van der Waals surface area contributed by atoms with Gasteiger partial charge >= 0.3 is 0 Å². The van der Waals surface area contributed by atoms with Crippen molar-refractivity contribution in [2.24, 2.45) is 0 Å². The van der Waals surface area contributed by atoms with Crippen LogP contribution in [-0.2, 0) is 0 Å². The van der Waals surface area contributed by atoms with Gasteiger partial charge in [0.25, 0.3) is 0 Å². The van der Waals surface area contributed by atoms with E-state index in [-0.39, 0.29) is 19.9 Å². The summed E-state index contributed by atoms with van der Waals surface area (Å²) >= 11 is 2.05. The molecule has 4 heteroatoms. The molecule has 0 heterocycles. The Bertz CT molecular complexity index is 227. The molecule has 3 radical (unpaired) electrons. The number of hydrogen-bond acceptors (Lipinski definition) is 2. The molecular formula is C6H5BIO2. The van der Waals surface area contributed by atoms with Crippen molar-refractivity contribution >= 4 is 31.0 Å². The van der Waals surface area contributed by atoms with E-state index in [1.165, 1.54) is 12.1 Å². The van der Waals surface area contributed by atoms with E-state index < -0.39 is 0 Å². The van der Waals surface area contributed by atoms with Crippen LogP contribution in [0.3, 0.4) is 0 Å². The van der Waals surface area contributed by atoms with Crippen LogP contribution in [0.2, 0.25) is 0 Å². The van der Waals surface area contributed by atoms with E-state index in [4.69, 9.17) is 10.2 Å². The molecule has 0 aliphatic carbocycles. The van der Waals surface area contributed by atoms with Crippen molar-refractivity contribution < 1.29 is 10.2 Å². The van der Waals surface area contributed by atoms with Gasteiger partial charge in [-0.25, -0.2) is 0 Å². The minimum atomic E-state index is -0.0737. The van der Waals surface area contributed by atoms with Crippen molar-refractivity contribution in [1.82, 2.24) is 0 Å². The van der Waals surface area contributed by atoms with Crippen LogP contribution in [-0.4, -0.2) is 18.6 Å². The largest absolute Gasteiger partial charge is 0.504 e. The molecule has 2 N–H and O–H groups in total. The van der Waals surface area contributed by atoms with E-state index in [2.05, 4.69) is 22.6 Å². The quantitative estimate of drug-likeness (QED) is 0.412. The monoisotopic (exact) mass is 247 g/mol. The summed E-state index contributed by atoms with van der Waals surface area (Å²) in [5, 5.41) is 17.6. The summed E-state index contributed by atoms with van der Waals surface area (Å²) in [7, 11) is 0. The average Bonchev–Trinajstić information content (AvgIpc) is 1.80. The molecule has 0 amide bonds. The summed E-state index contributed by atoms with van der Waals surface area (Å²) in [5.41, 5.74) is 0. The minimum Gasteiger partial charge on any atom is -0.504 e. The van der Waals surface area contributed by atoms with Gasteiger partial charge < -0.3 is 10.2 Å². The maximum absolute atomic E-state index is 8.85. The van der Waals surface area contributed by atoms with Crippen LogP contribution in [0.15, 0.2) is 18.2 Å². The summed E-state index contributed by atoms with van der Waals surface area (Å²) in [6.45, 7) is 0. The lowest BCUT2D eigenvalue weighted by Gasteiger charge is -1.94. The van der Waals surface area contributed by atoms with Crippen LogP contribution < -0.4 is 0 Å². The third-order valence-corrected chi connectivity index (χ3v) is 1.61. The summed E-state index contributed by atoms with van der Waals surface area (Å²) < 4.78 is 0.905. The van der Waals surface area contributed by atoms with Crippen LogP contribution in [0.25, 0.3) is 0 Å². The van der Waals surface area contributed by atoms with E-state index in [1.54, 1.807) is 6.07 Å². The highest BCUT2D eigenvalue weighted by Gasteiger charge is 1.95. The second-order valence-corrected chi connectivity index (χ2v) is 2.88. The molecule has 0 atom stereocenters. The maximum Gasteiger partial charge on any atom is 0.158 e. The Morgan fingerprint density at radius 1 is 1.10 bits per heavy atom. The first kappa shape index (κ1) is 9.61. The number of aromatic hydroxyl groups is 2. The van der Waals surface area contributed by atoms with Crippen molar-refractivity contribution in [1.29, 1.82) is 0 Å². The smallest absolute Gasteiger partial charge is 0.158 e. The van der Waals surface area contributed by atoms with Crippen molar-refractivity contribution in [3.05, 3.63) is 21.8 Å². The maximum atomic E-state index is 8.85. The normalized spacial score (nSPS) is 8.50. The number of hydrogen-bond donors (Lipinski definition) is 2. The zero-order chi connectivity index (χ0) is 6.85. The Kier molecular flexibility index (Phi) is 3.56. The first-order chi connectivity index (χ1) is 4.20. The van der Waals surface area contributed by atoms with Crippen molar-refractivity contribution in [2.45, 2.75) is 0 Å². The number of phenolic OH excluding ortho intramolecular Hbond substituents is 2. The Hall–Kier alpha value is -0.385. The van der Waals surface area contributed by atoms with Gasteiger partial charge in [-0.05, 0) is 40.8 Å². The number of phenols is 2. The standard InChI is InChI=1S/C6H5IO2.B/c7-4-1-2-5(8)6(9)3-4;/h1-3,8-9H;. The molecule has 1 rings (SSSR count). The van der Waals surface area contributed by atoms with Crippen LogP contribution in [0, 0.1) is 3.57 Å². The van der Waals surface area contributed by atoms with E-state index in [1.807, 2.05) is 0 Å². The molecule has 51 valence electrons. The third kappa shape index (κ3) is 2.09.